The standard InChI is InChI=1S/C29H31ClN8O2S/c1-36-10-12-37(13-11-36)24-16-25(40-2)23(15-22(24)33-28(39)20-3-7-31-8-4-20)34-29-32-17-21(30)27(35-29)38-9-5-19-6-14-41-26(19)18-38/h3-4,6-8,14-17H,5,9-13,18H2,1-2H3,(H,33,39)(H,32,34,35). The van der Waals surface area contributed by atoms with Gasteiger partial charge < -0.3 is 30.1 Å². The summed E-state index contributed by atoms with van der Waals surface area (Å²) in [5.74, 6) is 1.46. The van der Waals surface area contributed by atoms with Crippen molar-refractivity contribution in [1.29, 1.82) is 0 Å². The summed E-state index contributed by atoms with van der Waals surface area (Å²) in [7, 11) is 3.74. The molecule has 1 fully saturated rings. The number of methoxy groups -OCH3 is 1. The molecule has 0 aliphatic carbocycles. The van der Waals surface area contributed by atoms with Crippen LogP contribution in [0.3, 0.4) is 0 Å². The highest BCUT2D eigenvalue weighted by Gasteiger charge is 2.24. The maximum Gasteiger partial charge on any atom is 0.255 e. The first-order valence-corrected chi connectivity index (χ1v) is 14.7. The van der Waals surface area contributed by atoms with Gasteiger partial charge in [-0.2, -0.15) is 4.98 Å². The van der Waals surface area contributed by atoms with Crippen LogP contribution in [0.25, 0.3) is 0 Å². The molecular weight excluding hydrogens is 560 g/mol. The predicted octanol–water partition coefficient (Wildman–Crippen LogP) is 4.91. The maximum absolute atomic E-state index is 13.2. The molecule has 12 heteroatoms. The Balaban J connectivity index is 1.32. The van der Waals surface area contributed by atoms with Gasteiger partial charge in [0.05, 0.1) is 36.9 Å². The fourth-order valence-corrected chi connectivity index (χ4v) is 6.28. The first kappa shape index (κ1) is 27.3. The number of thiophene rings is 1. The number of anilines is 5. The maximum atomic E-state index is 13.2. The fourth-order valence-electron chi connectivity index (χ4n) is 5.12. The van der Waals surface area contributed by atoms with Crippen molar-refractivity contribution in [2.75, 3.05) is 67.3 Å². The summed E-state index contributed by atoms with van der Waals surface area (Å²) in [6.45, 7) is 5.09. The van der Waals surface area contributed by atoms with E-state index in [0.29, 0.717) is 39.5 Å². The number of fused-ring (bicyclic) bond motifs is 1. The molecule has 4 aromatic rings. The number of carbonyl (C=O) groups is 1. The Morgan fingerprint density at radius 2 is 1.85 bits per heavy atom. The van der Waals surface area contributed by atoms with Crippen molar-refractivity contribution >= 4 is 57.7 Å². The van der Waals surface area contributed by atoms with Gasteiger partial charge in [-0.1, -0.05) is 11.6 Å². The van der Waals surface area contributed by atoms with Gasteiger partial charge in [0.25, 0.3) is 5.91 Å². The van der Waals surface area contributed by atoms with Crippen molar-refractivity contribution < 1.29 is 9.53 Å². The van der Waals surface area contributed by atoms with Gasteiger partial charge in [0.1, 0.15) is 10.8 Å². The van der Waals surface area contributed by atoms with E-state index in [0.717, 1.165) is 51.4 Å². The Hall–Kier alpha value is -3.93. The number of rotatable bonds is 7. The molecule has 0 unspecified atom stereocenters. The molecule has 41 heavy (non-hydrogen) atoms. The molecule has 212 valence electrons. The van der Waals surface area contributed by atoms with Crippen LogP contribution in [0.4, 0.5) is 28.8 Å². The second-order valence-electron chi connectivity index (χ2n) is 10.1. The topological polar surface area (TPSA) is 98.8 Å². The van der Waals surface area contributed by atoms with Crippen LogP contribution in [0.15, 0.2) is 54.3 Å². The lowest BCUT2D eigenvalue weighted by Crippen LogP contribution is -2.44. The second-order valence-corrected chi connectivity index (χ2v) is 11.5. The summed E-state index contributed by atoms with van der Waals surface area (Å²) >= 11 is 8.33. The quantitative estimate of drug-likeness (QED) is 0.311. The summed E-state index contributed by atoms with van der Waals surface area (Å²) in [6, 6.07) is 9.40. The van der Waals surface area contributed by atoms with Crippen LogP contribution in [0.2, 0.25) is 5.02 Å². The van der Waals surface area contributed by atoms with Gasteiger partial charge in [0.2, 0.25) is 5.95 Å². The molecule has 2 aliphatic rings. The van der Waals surface area contributed by atoms with Gasteiger partial charge in [-0.25, -0.2) is 4.98 Å². The lowest BCUT2D eigenvalue weighted by Gasteiger charge is -2.35. The number of nitrogens with zero attached hydrogens (tertiary/aromatic N) is 6. The van der Waals surface area contributed by atoms with E-state index in [1.54, 1.807) is 49.2 Å². The van der Waals surface area contributed by atoms with Crippen LogP contribution in [0, 0.1) is 0 Å². The van der Waals surface area contributed by atoms with Gasteiger partial charge in [0.15, 0.2) is 5.82 Å². The number of hydrogen-bond acceptors (Lipinski definition) is 10. The minimum Gasteiger partial charge on any atom is -0.494 e. The molecule has 5 heterocycles. The molecular formula is C29H31ClN8O2S. The summed E-state index contributed by atoms with van der Waals surface area (Å²) in [4.78, 5) is 34.5. The highest BCUT2D eigenvalue weighted by atomic mass is 35.5. The van der Waals surface area contributed by atoms with E-state index >= 15 is 0 Å². The minimum absolute atomic E-state index is 0.220. The number of benzene rings is 1. The van der Waals surface area contributed by atoms with Gasteiger partial charge in [-0.15, -0.1) is 11.3 Å². The van der Waals surface area contributed by atoms with E-state index < -0.39 is 0 Å². The number of nitrogens with one attached hydrogen (secondary N) is 2. The van der Waals surface area contributed by atoms with Crippen molar-refractivity contribution in [1.82, 2.24) is 19.9 Å². The molecule has 2 N–H and O–H groups in total. The number of piperazine rings is 1. The van der Waals surface area contributed by atoms with Crippen LogP contribution in [-0.2, 0) is 13.0 Å². The predicted molar refractivity (Wildman–Crippen MR) is 164 cm³/mol. The highest BCUT2D eigenvalue weighted by Crippen LogP contribution is 2.39. The molecule has 3 aromatic heterocycles. The average Bonchev–Trinajstić information content (AvgIpc) is 3.47. The normalized spacial score (nSPS) is 15.4. The van der Waals surface area contributed by atoms with E-state index in [2.05, 4.69) is 53.8 Å². The third kappa shape index (κ3) is 5.92. The van der Waals surface area contributed by atoms with Crippen LogP contribution >= 0.6 is 22.9 Å². The van der Waals surface area contributed by atoms with E-state index in [-0.39, 0.29) is 5.91 Å². The first-order valence-electron chi connectivity index (χ1n) is 13.4. The van der Waals surface area contributed by atoms with E-state index in [1.807, 2.05) is 12.1 Å². The Morgan fingerprint density at radius 1 is 1.05 bits per heavy atom. The Labute approximate surface area is 247 Å². The molecule has 0 atom stereocenters. The molecule has 10 nitrogen and oxygen atoms in total. The molecule has 0 radical (unpaired) electrons. The Bertz CT molecular complexity index is 1540. The molecule has 6 rings (SSSR count). The zero-order valence-electron chi connectivity index (χ0n) is 22.9. The van der Waals surface area contributed by atoms with Gasteiger partial charge in [-0.3, -0.25) is 9.78 Å². The molecule has 0 saturated carbocycles. The van der Waals surface area contributed by atoms with Crippen molar-refractivity contribution in [2.24, 2.45) is 0 Å². The lowest BCUT2D eigenvalue weighted by atomic mass is 10.1. The van der Waals surface area contributed by atoms with E-state index in [4.69, 9.17) is 21.3 Å². The fraction of sp³-hybridized carbons (Fsp3) is 0.310. The number of halogens is 1. The number of pyridine rings is 1. The van der Waals surface area contributed by atoms with Gasteiger partial charge in [-0.05, 0) is 48.7 Å². The number of ether oxygens (including phenoxy) is 1. The van der Waals surface area contributed by atoms with Gasteiger partial charge >= 0.3 is 0 Å². The highest BCUT2D eigenvalue weighted by molar-refractivity contribution is 7.10. The van der Waals surface area contributed by atoms with Crippen molar-refractivity contribution in [2.45, 2.75) is 13.0 Å². The van der Waals surface area contributed by atoms with Crippen molar-refractivity contribution in [3.63, 3.8) is 0 Å². The Morgan fingerprint density at radius 3 is 2.63 bits per heavy atom. The molecule has 1 amide bonds. The lowest BCUT2D eigenvalue weighted by molar-refractivity contribution is 0.102. The summed E-state index contributed by atoms with van der Waals surface area (Å²) in [5, 5.41) is 9.05. The SMILES string of the molecule is COc1cc(N2CCN(C)CC2)c(NC(=O)c2ccncc2)cc1Nc1ncc(Cl)c(N2CCc3ccsc3C2)n1. The van der Waals surface area contributed by atoms with Crippen LogP contribution in [0.5, 0.6) is 5.75 Å². The zero-order chi connectivity index (χ0) is 28.3. The first-order chi connectivity index (χ1) is 20.0. The number of likely N-dealkylation sites (N-methyl/N-ethyl adjacent to an activating group) is 1. The second kappa shape index (κ2) is 11.9. The van der Waals surface area contributed by atoms with E-state index in [1.165, 1.54) is 10.4 Å². The molecule has 0 spiro atoms. The van der Waals surface area contributed by atoms with Crippen LogP contribution < -0.4 is 25.2 Å². The summed E-state index contributed by atoms with van der Waals surface area (Å²) in [5.41, 5.74) is 4.09. The molecule has 2 aliphatic heterocycles. The average molecular weight is 591 g/mol. The van der Waals surface area contributed by atoms with Gasteiger partial charge in [0, 0.05) is 61.6 Å². The summed E-state index contributed by atoms with van der Waals surface area (Å²) < 4.78 is 5.80. The number of carbonyl (C=O) groups excluding carboxylic acids is 1. The molecule has 0 bridgehead atoms. The molecule has 1 aromatic carbocycles. The monoisotopic (exact) mass is 590 g/mol. The minimum atomic E-state index is -0.220. The van der Waals surface area contributed by atoms with Crippen LogP contribution in [-0.4, -0.2) is 72.6 Å². The van der Waals surface area contributed by atoms with Crippen molar-refractivity contribution in [3.8, 4) is 5.75 Å². The third-order valence-corrected chi connectivity index (χ3v) is 8.66. The number of amides is 1. The van der Waals surface area contributed by atoms with Crippen molar-refractivity contribution in [3.05, 3.63) is 75.3 Å². The summed E-state index contributed by atoms with van der Waals surface area (Å²) in [6.07, 6.45) is 5.78. The third-order valence-electron chi connectivity index (χ3n) is 7.45. The Kier molecular flexibility index (Phi) is 7.91. The molecule has 1 saturated heterocycles. The van der Waals surface area contributed by atoms with E-state index in [9.17, 15) is 4.79 Å². The largest absolute Gasteiger partial charge is 0.494 e. The number of hydrogen-bond donors (Lipinski definition) is 2. The smallest absolute Gasteiger partial charge is 0.255 e. The zero-order valence-corrected chi connectivity index (χ0v) is 24.5. The van der Waals surface area contributed by atoms with Crippen LogP contribution in [0.1, 0.15) is 20.8 Å². The number of aromatic nitrogens is 3.